The molecule has 1 unspecified atom stereocenters. The van der Waals surface area contributed by atoms with Gasteiger partial charge in [0.25, 0.3) is 5.91 Å². The van der Waals surface area contributed by atoms with Crippen molar-refractivity contribution in [2.24, 2.45) is 5.92 Å². The number of hydrogen-bond donors (Lipinski definition) is 1. The molecule has 0 aromatic heterocycles. The normalized spacial score (nSPS) is 18.9. The van der Waals surface area contributed by atoms with E-state index in [1.54, 1.807) is 11.8 Å². The number of ether oxygens (including phenoxy) is 1. The highest BCUT2D eigenvalue weighted by atomic mass is 16.5. The van der Waals surface area contributed by atoms with Crippen molar-refractivity contribution in [3.63, 3.8) is 0 Å². The van der Waals surface area contributed by atoms with Gasteiger partial charge in [0.2, 0.25) is 5.91 Å². The number of rotatable bonds is 4. The maximum Gasteiger partial charge on any atom is 0.268 e. The van der Waals surface area contributed by atoms with Crippen LogP contribution < -0.4 is 15.0 Å². The molecular formula is C21H22N2O3. The van der Waals surface area contributed by atoms with Crippen molar-refractivity contribution in [1.29, 1.82) is 0 Å². The van der Waals surface area contributed by atoms with Crippen LogP contribution in [0.2, 0.25) is 0 Å². The van der Waals surface area contributed by atoms with E-state index < -0.39 is 6.10 Å². The van der Waals surface area contributed by atoms with E-state index in [0.717, 1.165) is 18.4 Å². The summed E-state index contributed by atoms with van der Waals surface area (Å²) in [6, 6.07) is 13.6. The molecule has 0 bridgehead atoms. The zero-order chi connectivity index (χ0) is 18.3. The van der Waals surface area contributed by atoms with Gasteiger partial charge in [0, 0.05) is 11.6 Å². The first-order chi connectivity index (χ1) is 12.5. The first-order valence-electron chi connectivity index (χ1n) is 9.00. The Morgan fingerprint density at radius 1 is 1.19 bits per heavy atom. The minimum atomic E-state index is -0.528. The van der Waals surface area contributed by atoms with E-state index in [4.69, 9.17) is 4.74 Å². The SMILES string of the molecule is Cc1ccc(CN2C(=O)C(C)Oc3ccc(NC(=O)C4CC4)cc32)cc1. The monoisotopic (exact) mass is 350 g/mol. The van der Waals surface area contributed by atoms with Gasteiger partial charge in [0.15, 0.2) is 6.10 Å². The summed E-state index contributed by atoms with van der Waals surface area (Å²) in [6.45, 7) is 4.27. The molecule has 1 heterocycles. The van der Waals surface area contributed by atoms with Crippen LogP contribution in [0.25, 0.3) is 0 Å². The van der Waals surface area contributed by atoms with Crippen LogP contribution in [-0.2, 0) is 16.1 Å². The molecule has 0 saturated heterocycles. The molecule has 2 aromatic carbocycles. The van der Waals surface area contributed by atoms with Crippen LogP contribution in [0.5, 0.6) is 5.75 Å². The molecule has 1 fully saturated rings. The lowest BCUT2D eigenvalue weighted by atomic mass is 10.1. The van der Waals surface area contributed by atoms with Gasteiger partial charge in [-0.2, -0.15) is 0 Å². The van der Waals surface area contributed by atoms with Crippen LogP contribution >= 0.6 is 0 Å². The Hall–Kier alpha value is -2.82. The first kappa shape index (κ1) is 16.6. The van der Waals surface area contributed by atoms with E-state index in [2.05, 4.69) is 5.32 Å². The molecule has 5 heteroatoms. The Morgan fingerprint density at radius 2 is 1.92 bits per heavy atom. The van der Waals surface area contributed by atoms with Crippen molar-refractivity contribution in [2.75, 3.05) is 10.2 Å². The van der Waals surface area contributed by atoms with Gasteiger partial charge in [-0.05, 0) is 50.5 Å². The fourth-order valence-corrected chi connectivity index (χ4v) is 3.11. The molecule has 1 aliphatic carbocycles. The van der Waals surface area contributed by atoms with E-state index in [1.807, 2.05) is 49.4 Å². The highest BCUT2D eigenvalue weighted by Gasteiger charge is 2.33. The summed E-state index contributed by atoms with van der Waals surface area (Å²) < 4.78 is 5.75. The first-order valence-corrected chi connectivity index (χ1v) is 9.00. The maximum absolute atomic E-state index is 12.7. The van der Waals surface area contributed by atoms with E-state index in [1.165, 1.54) is 5.56 Å². The largest absolute Gasteiger partial charge is 0.479 e. The third-order valence-electron chi connectivity index (χ3n) is 4.84. The number of fused-ring (bicyclic) bond motifs is 1. The summed E-state index contributed by atoms with van der Waals surface area (Å²) in [6.07, 6.45) is 1.38. The standard InChI is InChI=1S/C21H22N2O3/c1-13-3-5-15(6-4-13)12-23-18-11-17(22-20(24)16-7-8-16)9-10-19(18)26-14(2)21(23)25/h3-6,9-11,14,16H,7-8,12H2,1-2H3,(H,22,24). The van der Waals surface area contributed by atoms with Gasteiger partial charge in [-0.3, -0.25) is 9.59 Å². The Kier molecular flexibility index (Phi) is 4.15. The second-order valence-electron chi connectivity index (χ2n) is 7.12. The van der Waals surface area contributed by atoms with Crippen molar-refractivity contribution in [1.82, 2.24) is 0 Å². The third kappa shape index (κ3) is 3.29. The van der Waals surface area contributed by atoms with Gasteiger partial charge >= 0.3 is 0 Å². The quantitative estimate of drug-likeness (QED) is 0.915. The zero-order valence-corrected chi connectivity index (χ0v) is 15.0. The topological polar surface area (TPSA) is 58.6 Å². The molecule has 5 nitrogen and oxygen atoms in total. The number of benzene rings is 2. The Labute approximate surface area is 153 Å². The Bertz CT molecular complexity index is 856. The van der Waals surface area contributed by atoms with Gasteiger partial charge in [-0.15, -0.1) is 0 Å². The predicted molar refractivity (Wildman–Crippen MR) is 100 cm³/mol. The molecule has 1 N–H and O–H groups in total. The van der Waals surface area contributed by atoms with Crippen LogP contribution in [0.15, 0.2) is 42.5 Å². The summed E-state index contributed by atoms with van der Waals surface area (Å²) in [7, 11) is 0. The van der Waals surface area contributed by atoms with E-state index >= 15 is 0 Å². The lowest BCUT2D eigenvalue weighted by Crippen LogP contribution is -2.44. The number of hydrogen-bond acceptors (Lipinski definition) is 3. The average Bonchev–Trinajstić information content (AvgIpc) is 3.46. The molecule has 1 saturated carbocycles. The van der Waals surface area contributed by atoms with Crippen LogP contribution in [0.1, 0.15) is 30.9 Å². The summed E-state index contributed by atoms with van der Waals surface area (Å²) in [4.78, 5) is 26.5. The summed E-state index contributed by atoms with van der Waals surface area (Å²) in [5, 5.41) is 2.94. The fraction of sp³-hybridized carbons (Fsp3) is 0.333. The van der Waals surface area contributed by atoms with Crippen molar-refractivity contribution in [3.05, 3.63) is 53.6 Å². The second kappa shape index (κ2) is 6.48. The predicted octanol–water partition coefficient (Wildman–Crippen LogP) is 3.66. The van der Waals surface area contributed by atoms with Crippen LogP contribution in [0, 0.1) is 12.8 Å². The van der Waals surface area contributed by atoms with Crippen molar-refractivity contribution in [3.8, 4) is 5.75 Å². The van der Waals surface area contributed by atoms with Gasteiger partial charge in [0.05, 0.1) is 12.2 Å². The number of amides is 2. The molecule has 2 aliphatic rings. The number of carbonyl (C=O) groups excluding carboxylic acids is 2. The molecule has 0 radical (unpaired) electrons. The van der Waals surface area contributed by atoms with Crippen molar-refractivity contribution in [2.45, 2.75) is 39.3 Å². The highest BCUT2D eigenvalue weighted by molar-refractivity contribution is 6.01. The molecule has 4 rings (SSSR count). The Balaban J connectivity index is 1.63. The zero-order valence-electron chi connectivity index (χ0n) is 15.0. The number of anilines is 2. The van der Waals surface area contributed by atoms with Gasteiger partial charge in [-0.25, -0.2) is 0 Å². The summed E-state index contributed by atoms with van der Waals surface area (Å²) >= 11 is 0. The molecule has 134 valence electrons. The van der Waals surface area contributed by atoms with Crippen LogP contribution in [0.3, 0.4) is 0 Å². The van der Waals surface area contributed by atoms with E-state index in [-0.39, 0.29) is 17.7 Å². The number of aryl methyl sites for hydroxylation is 1. The van der Waals surface area contributed by atoms with Gasteiger partial charge < -0.3 is 15.0 Å². The average molecular weight is 350 g/mol. The molecule has 1 aliphatic heterocycles. The van der Waals surface area contributed by atoms with Crippen molar-refractivity contribution < 1.29 is 14.3 Å². The number of carbonyl (C=O) groups is 2. The lowest BCUT2D eigenvalue weighted by molar-refractivity contribution is -0.125. The third-order valence-corrected chi connectivity index (χ3v) is 4.84. The molecule has 0 spiro atoms. The Morgan fingerprint density at radius 3 is 2.62 bits per heavy atom. The molecule has 2 aromatic rings. The lowest BCUT2D eigenvalue weighted by Gasteiger charge is -2.33. The molecule has 2 amide bonds. The minimum Gasteiger partial charge on any atom is -0.479 e. The smallest absolute Gasteiger partial charge is 0.268 e. The summed E-state index contributed by atoms with van der Waals surface area (Å²) in [5.41, 5.74) is 3.63. The molecular weight excluding hydrogens is 328 g/mol. The van der Waals surface area contributed by atoms with E-state index in [9.17, 15) is 9.59 Å². The number of nitrogens with one attached hydrogen (secondary N) is 1. The number of nitrogens with zero attached hydrogens (tertiary/aromatic N) is 1. The van der Waals surface area contributed by atoms with Crippen LogP contribution in [-0.4, -0.2) is 17.9 Å². The second-order valence-corrected chi connectivity index (χ2v) is 7.12. The maximum atomic E-state index is 12.7. The fourth-order valence-electron chi connectivity index (χ4n) is 3.11. The summed E-state index contributed by atoms with van der Waals surface area (Å²) in [5.74, 6) is 0.761. The van der Waals surface area contributed by atoms with Gasteiger partial charge in [-0.1, -0.05) is 29.8 Å². The van der Waals surface area contributed by atoms with Gasteiger partial charge in [0.1, 0.15) is 5.75 Å². The molecule has 26 heavy (non-hydrogen) atoms. The molecule has 1 atom stereocenters. The minimum absolute atomic E-state index is 0.0476. The highest BCUT2D eigenvalue weighted by Crippen LogP contribution is 2.38. The van der Waals surface area contributed by atoms with Crippen LogP contribution in [0.4, 0.5) is 11.4 Å². The van der Waals surface area contributed by atoms with Crippen molar-refractivity contribution >= 4 is 23.2 Å². The van der Waals surface area contributed by atoms with E-state index in [0.29, 0.717) is 23.7 Å².